The van der Waals surface area contributed by atoms with E-state index in [0.717, 1.165) is 66.6 Å². The van der Waals surface area contributed by atoms with Gasteiger partial charge in [0, 0.05) is 55.2 Å². The molecule has 7 heteroatoms. The van der Waals surface area contributed by atoms with Crippen LogP contribution in [0.3, 0.4) is 0 Å². The summed E-state index contributed by atoms with van der Waals surface area (Å²) in [7, 11) is 0. The first kappa shape index (κ1) is 24.0. The number of aryl methyl sites for hydroxylation is 3. The van der Waals surface area contributed by atoms with Crippen molar-refractivity contribution in [3.05, 3.63) is 100 Å². The second kappa shape index (κ2) is 10.1. The molecule has 0 spiro atoms. The molecular formula is C29H34N6O. The van der Waals surface area contributed by atoms with Crippen LogP contribution in [-0.4, -0.2) is 61.4 Å². The Labute approximate surface area is 213 Å². The molecule has 0 atom stereocenters. The zero-order valence-electron chi connectivity index (χ0n) is 21.6. The third-order valence-corrected chi connectivity index (χ3v) is 7.09. The molecule has 36 heavy (non-hydrogen) atoms. The van der Waals surface area contributed by atoms with Crippen LogP contribution in [0.25, 0.3) is 5.69 Å². The van der Waals surface area contributed by atoms with Crippen molar-refractivity contribution in [3.63, 3.8) is 0 Å². The maximum atomic E-state index is 13.3. The highest BCUT2D eigenvalue weighted by Gasteiger charge is 2.24. The van der Waals surface area contributed by atoms with Gasteiger partial charge in [0.1, 0.15) is 0 Å². The van der Waals surface area contributed by atoms with Gasteiger partial charge in [0.2, 0.25) is 0 Å². The van der Waals surface area contributed by atoms with Gasteiger partial charge in [0.15, 0.2) is 0 Å². The lowest BCUT2D eigenvalue weighted by molar-refractivity contribution is 0.0628. The van der Waals surface area contributed by atoms with Gasteiger partial charge in [-0.25, -0.2) is 4.68 Å². The predicted octanol–water partition coefficient (Wildman–Crippen LogP) is 4.31. The lowest BCUT2D eigenvalue weighted by atomic mass is 10.1. The molecule has 0 unspecified atom stereocenters. The normalized spacial score (nSPS) is 14.4. The highest BCUT2D eigenvalue weighted by molar-refractivity contribution is 5.94. The number of carbonyl (C=O) groups excluding carboxylic acids is 1. The van der Waals surface area contributed by atoms with E-state index in [-0.39, 0.29) is 5.91 Å². The zero-order chi connectivity index (χ0) is 25.2. The average Bonchev–Trinajstić information content (AvgIpc) is 3.36. The average molecular weight is 483 g/mol. The van der Waals surface area contributed by atoms with E-state index in [1.165, 1.54) is 11.3 Å². The van der Waals surface area contributed by atoms with Gasteiger partial charge in [-0.2, -0.15) is 10.2 Å². The molecule has 2 aromatic carbocycles. The van der Waals surface area contributed by atoms with Crippen molar-refractivity contribution in [1.82, 2.24) is 29.4 Å². The molecule has 5 rings (SSSR count). The maximum Gasteiger partial charge on any atom is 0.253 e. The summed E-state index contributed by atoms with van der Waals surface area (Å²) in [5.74, 6) is 0.106. The molecule has 1 amide bonds. The number of para-hydroxylation sites is 1. The fourth-order valence-corrected chi connectivity index (χ4v) is 5.05. The van der Waals surface area contributed by atoms with Gasteiger partial charge in [-0.15, -0.1) is 0 Å². The summed E-state index contributed by atoms with van der Waals surface area (Å²) in [6.45, 7) is 13.0. The van der Waals surface area contributed by atoms with Crippen molar-refractivity contribution in [2.24, 2.45) is 0 Å². The minimum atomic E-state index is 0.106. The third-order valence-electron chi connectivity index (χ3n) is 7.09. The molecule has 0 bridgehead atoms. The van der Waals surface area contributed by atoms with Gasteiger partial charge >= 0.3 is 0 Å². The molecule has 1 fully saturated rings. The van der Waals surface area contributed by atoms with Gasteiger partial charge in [0.25, 0.3) is 5.91 Å². The van der Waals surface area contributed by atoms with Gasteiger partial charge in [0.05, 0.1) is 23.6 Å². The van der Waals surface area contributed by atoms with Crippen LogP contribution in [0.5, 0.6) is 0 Å². The van der Waals surface area contributed by atoms with E-state index in [9.17, 15) is 4.79 Å². The number of piperazine rings is 1. The Bertz CT molecular complexity index is 1360. The highest BCUT2D eigenvalue weighted by Crippen LogP contribution is 2.21. The lowest BCUT2D eigenvalue weighted by Gasteiger charge is -2.35. The summed E-state index contributed by atoms with van der Waals surface area (Å²) in [5, 5.41) is 9.35. The summed E-state index contributed by atoms with van der Waals surface area (Å²) in [4.78, 5) is 17.7. The van der Waals surface area contributed by atoms with E-state index in [0.29, 0.717) is 6.54 Å². The molecule has 1 aliphatic rings. The van der Waals surface area contributed by atoms with E-state index in [1.807, 2.05) is 57.6 Å². The highest BCUT2D eigenvalue weighted by atomic mass is 16.2. The molecule has 4 aromatic rings. The van der Waals surface area contributed by atoms with Crippen LogP contribution < -0.4 is 0 Å². The van der Waals surface area contributed by atoms with Crippen LogP contribution >= 0.6 is 0 Å². The van der Waals surface area contributed by atoms with Crippen molar-refractivity contribution < 1.29 is 4.79 Å². The number of hydrogen-bond acceptors (Lipinski definition) is 4. The third kappa shape index (κ3) is 4.97. The number of amides is 1. The Hall–Kier alpha value is -3.71. The van der Waals surface area contributed by atoms with Crippen LogP contribution in [0.4, 0.5) is 0 Å². The maximum absolute atomic E-state index is 13.3. The number of rotatable bonds is 6. The first-order valence-corrected chi connectivity index (χ1v) is 12.6. The SMILES string of the molecule is Cc1cc(C)n(Cc2cccc(C(=O)N3CCN(Cc4c(C)nn(-c5ccccc5)c4C)CC3)c2)n1. The van der Waals surface area contributed by atoms with E-state index in [1.54, 1.807) is 0 Å². The molecule has 1 aliphatic heterocycles. The molecule has 1 saturated heterocycles. The molecule has 0 N–H and O–H groups in total. The van der Waals surface area contributed by atoms with Gasteiger partial charge in [-0.3, -0.25) is 14.4 Å². The monoisotopic (exact) mass is 482 g/mol. The summed E-state index contributed by atoms with van der Waals surface area (Å²) < 4.78 is 4.02. The minimum Gasteiger partial charge on any atom is -0.336 e. The lowest BCUT2D eigenvalue weighted by Crippen LogP contribution is -2.48. The molecule has 186 valence electrons. The van der Waals surface area contributed by atoms with Crippen molar-refractivity contribution >= 4 is 5.91 Å². The van der Waals surface area contributed by atoms with Crippen LogP contribution in [0.15, 0.2) is 60.7 Å². The fraction of sp³-hybridized carbons (Fsp3) is 0.345. The Balaban J connectivity index is 1.21. The molecular weight excluding hydrogens is 448 g/mol. The predicted molar refractivity (Wildman–Crippen MR) is 141 cm³/mol. The van der Waals surface area contributed by atoms with Gasteiger partial charge in [-0.05, 0) is 63.6 Å². The second-order valence-electron chi connectivity index (χ2n) is 9.75. The number of aromatic nitrogens is 4. The summed E-state index contributed by atoms with van der Waals surface area (Å²) in [6.07, 6.45) is 0. The molecule has 2 aromatic heterocycles. The first-order valence-electron chi connectivity index (χ1n) is 12.6. The largest absolute Gasteiger partial charge is 0.336 e. The van der Waals surface area contributed by atoms with Gasteiger partial charge < -0.3 is 4.90 Å². The molecule has 3 heterocycles. The van der Waals surface area contributed by atoms with Crippen molar-refractivity contribution in [2.75, 3.05) is 26.2 Å². The number of benzene rings is 2. The van der Waals surface area contributed by atoms with E-state index in [4.69, 9.17) is 5.10 Å². The number of nitrogens with zero attached hydrogens (tertiary/aromatic N) is 6. The van der Waals surface area contributed by atoms with Crippen molar-refractivity contribution in [3.8, 4) is 5.69 Å². The van der Waals surface area contributed by atoms with Crippen LogP contribution in [0.1, 0.15) is 44.3 Å². The van der Waals surface area contributed by atoms with E-state index >= 15 is 0 Å². The summed E-state index contributed by atoms with van der Waals surface area (Å²) in [6, 6.07) is 20.3. The Morgan fingerprint density at radius 3 is 2.28 bits per heavy atom. The minimum absolute atomic E-state index is 0.106. The van der Waals surface area contributed by atoms with E-state index < -0.39 is 0 Å². The summed E-state index contributed by atoms with van der Waals surface area (Å²) >= 11 is 0. The zero-order valence-corrected chi connectivity index (χ0v) is 21.6. The van der Waals surface area contributed by atoms with E-state index in [2.05, 4.69) is 55.0 Å². The Kier molecular flexibility index (Phi) is 6.74. The number of carbonyl (C=O) groups is 1. The van der Waals surface area contributed by atoms with Gasteiger partial charge in [-0.1, -0.05) is 30.3 Å². The topological polar surface area (TPSA) is 59.2 Å². The molecule has 0 radical (unpaired) electrons. The first-order chi connectivity index (χ1) is 17.4. The standard InChI is InChI=1S/C29H34N6O/c1-21-17-22(2)34(30-21)19-25-9-8-10-26(18-25)29(36)33-15-13-32(14-16-33)20-28-23(3)31-35(24(28)4)27-11-6-5-7-12-27/h5-12,17-18H,13-16,19-20H2,1-4H3. The smallest absolute Gasteiger partial charge is 0.253 e. The second-order valence-corrected chi connectivity index (χ2v) is 9.75. The van der Waals surface area contributed by atoms with Crippen LogP contribution in [-0.2, 0) is 13.1 Å². The summed E-state index contributed by atoms with van der Waals surface area (Å²) in [5.41, 5.74) is 8.57. The number of hydrogen-bond donors (Lipinski definition) is 0. The Morgan fingerprint density at radius 1 is 0.833 bits per heavy atom. The molecule has 0 aliphatic carbocycles. The molecule has 0 saturated carbocycles. The Morgan fingerprint density at radius 2 is 1.58 bits per heavy atom. The fourth-order valence-electron chi connectivity index (χ4n) is 5.05. The van der Waals surface area contributed by atoms with Crippen molar-refractivity contribution in [1.29, 1.82) is 0 Å². The van der Waals surface area contributed by atoms with Crippen molar-refractivity contribution in [2.45, 2.75) is 40.8 Å². The molecule has 7 nitrogen and oxygen atoms in total. The van der Waals surface area contributed by atoms with Crippen LogP contribution in [0, 0.1) is 27.7 Å². The van der Waals surface area contributed by atoms with Crippen LogP contribution in [0.2, 0.25) is 0 Å². The quantitative estimate of drug-likeness (QED) is 0.411.